The zero-order valence-electron chi connectivity index (χ0n) is 21.9. The number of aryl methyl sites for hydroxylation is 1. The highest BCUT2D eigenvalue weighted by molar-refractivity contribution is 7.20. The maximum absolute atomic E-state index is 12.8. The van der Waals surface area contributed by atoms with Gasteiger partial charge in [-0.1, -0.05) is 18.2 Å². The first kappa shape index (κ1) is 27.0. The Bertz CT molecular complexity index is 1390. The number of nitrogens with zero attached hydrogens (tertiary/aromatic N) is 2. The highest BCUT2D eigenvalue weighted by atomic mass is 32.1. The van der Waals surface area contributed by atoms with E-state index in [0.717, 1.165) is 21.6 Å². The summed E-state index contributed by atoms with van der Waals surface area (Å²) < 4.78 is 24.2. The highest BCUT2D eigenvalue weighted by Gasteiger charge is 2.20. The van der Waals surface area contributed by atoms with E-state index in [1.54, 1.807) is 12.1 Å². The summed E-state index contributed by atoms with van der Waals surface area (Å²) >= 11 is 1.37. The Labute approximate surface area is 225 Å². The van der Waals surface area contributed by atoms with Crippen LogP contribution in [0.2, 0.25) is 0 Å². The van der Waals surface area contributed by atoms with Crippen molar-refractivity contribution < 1.29 is 28.5 Å². The number of amides is 1. The van der Waals surface area contributed by atoms with Crippen molar-refractivity contribution in [1.82, 2.24) is 15.1 Å². The minimum absolute atomic E-state index is 0.00738. The van der Waals surface area contributed by atoms with Crippen LogP contribution in [0, 0.1) is 6.92 Å². The zero-order chi connectivity index (χ0) is 27.1. The third-order valence-corrected chi connectivity index (χ3v) is 6.64. The van der Waals surface area contributed by atoms with E-state index < -0.39 is 5.97 Å². The first-order valence-corrected chi connectivity index (χ1v) is 13.3. The third kappa shape index (κ3) is 5.91. The number of rotatable bonds is 12. The van der Waals surface area contributed by atoms with Crippen molar-refractivity contribution in [3.8, 4) is 22.9 Å². The molecule has 38 heavy (non-hydrogen) atoms. The van der Waals surface area contributed by atoms with Gasteiger partial charge in [-0.2, -0.15) is 5.10 Å². The van der Waals surface area contributed by atoms with Gasteiger partial charge in [0.1, 0.15) is 11.4 Å². The second kappa shape index (κ2) is 12.5. The van der Waals surface area contributed by atoms with Gasteiger partial charge in [-0.15, -0.1) is 11.3 Å². The minimum atomic E-state index is -0.551. The van der Waals surface area contributed by atoms with Gasteiger partial charge in [0.25, 0.3) is 5.91 Å². The second-order valence-corrected chi connectivity index (χ2v) is 9.19. The number of esters is 1. The standard InChI is InChI=1S/C28H31N3O6S/c1-5-34-22-15-19(16-23(35-6-2)25(22)36-7-3)28(33)37-14-13-29-26(32)24-17-21-18(4)30-31(27(21)38-24)20-11-9-8-10-12-20/h8-12,15-17H,5-7,13-14H2,1-4H3,(H,29,32). The van der Waals surface area contributed by atoms with Crippen LogP contribution in [0.4, 0.5) is 0 Å². The number of hydrogen-bond donors (Lipinski definition) is 1. The Morgan fingerprint density at radius 3 is 2.24 bits per heavy atom. The van der Waals surface area contributed by atoms with E-state index in [-0.39, 0.29) is 24.6 Å². The Morgan fingerprint density at radius 2 is 1.61 bits per heavy atom. The molecule has 0 atom stereocenters. The van der Waals surface area contributed by atoms with Crippen LogP contribution in [0.15, 0.2) is 48.5 Å². The van der Waals surface area contributed by atoms with E-state index in [9.17, 15) is 9.59 Å². The Balaban J connectivity index is 1.39. The van der Waals surface area contributed by atoms with E-state index in [4.69, 9.17) is 18.9 Å². The summed E-state index contributed by atoms with van der Waals surface area (Å²) in [5.41, 5.74) is 2.05. The molecule has 0 bridgehead atoms. The van der Waals surface area contributed by atoms with Gasteiger partial charge < -0.3 is 24.3 Å². The number of fused-ring (bicyclic) bond motifs is 1. The van der Waals surface area contributed by atoms with Crippen LogP contribution in [0.25, 0.3) is 15.9 Å². The molecule has 0 saturated heterocycles. The largest absolute Gasteiger partial charge is 0.490 e. The van der Waals surface area contributed by atoms with Gasteiger partial charge in [0.05, 0.1) is 48.2 Å². The van der Waals surface area contributed by atoms with E-state index in [1.807, 2.05) is 68.8 Å². The van der Waals surface area contributed by atoms with Gasteiger partial charge in [0.15, 0.2) is 11.5 Å². The normalized spacial score (nSPS) is 10.8. The molecule has 4 rings (SSSR count). The average Bonchev–Trinajstić information content (AvgIpc) is 3.49. The Kier molecular flexibility index (Phi) is 8.85. The molecule has 0 spiro atoms. The maximum Gasteiger partial charge on any atom is 0.338 e. The minimum Gasteiger partial charge on any atom is -0.490 e. The molecule has 2 aromatic heterocycles. The Morgan fingerprint density at radius 1 is 0.947 bits per heavy atom. The lowest BCUT2D eigenvalue weighted by atomic mass is 10.2. The van der Waals surface area contributed by atoms with Crippen LogP contribution in [0.5, 0.6) is 17.2 Å². The number of ether oxygens (including phenoxy) is 4. The van der Waals surface area contributed by atoms with Crippen molar-refractivity contribution in [3.05, 3.63) is 64.7 Å². The van der Waals surface area contributed by atoms with Crippen LogP contribution in [-0.2, 0) is 4.74 Å². The van der Waals surface area contributed by atoms with Crippen molar-refractivity contribution in [1.29, 1.82) is 0 Å². The molecule has 0 unspecified atom stereocenters. The number of benzene rings is 2. The molecule has 0 aliphatic carbocycles. The molecule has 1 N–H and O–H groups in total. The molecular weight excluding hydrogens is 506 g/mol. The van der Waals surface area contributed by atoms with Crippen LogP contribution < -0.4 is 19.5 Å². The van der Waals surface area contributed by atoms with Gasteiger partial charge in [-0.3, -0.25) is 4.79 Å². The predicted octanol–water partition coefficient (Wildman–Crippen LogP) is 5.18. The summed E-state index contributed by atoms with van der Waals surface area (Å²) in [7, 11) is 0. The summed E-state index contributed by atoms with van der Waals surface area (Å²) in [6, 6.07) is 14.8. The van der Waals surface area contributed by atoms with Crippen LogP contribution in [-0.4, -0.2) is 54.6 Å². The number of nitrogens with one attached hydrogen (secondary N) is 1. The second-order valence-electron chi connectivity index (χ2n) is 8.15. The quantitative estimate of drug-likeness (QED) is 0.196. The molecule has 2 heterocycles. The molecule has 1 amide bonds. The van der Waals surface area contributed by atoms with E-state index in [0.29, 0.717) is 41.9 Å². The van der Waals surface area contributed by atoms with Crippen molar-refractivity contribution >= 4 is 33.4 Å². The Hall–Kier alpha value is -4.05. The zero-order valence-corrected chi connectivity index (χ0v) is 22.7. The van der Waals surface area contributed by atoms with Gasteiger partial charge in [0, 0.05) is 5.39 Å². The van der Waals surface area contributed by atoms with Crippen molar-refractivity contribution in [2.24, 2.45) is 0 Å². The van der Waals surface area contributed by atoms with Crippen molar-refractivity contribution in [2.75, 3.05) is 33.0 Å². The first-order chi connectivity index (χ1) is 18.5. The van der Waals surface area contributed by atoms with Crippen LogP contribution in [0.3, 0.4) is 0 Å². The number of para-hydroxylation sites is 1. The van der Waals surface area contributed by atoms with Crippen molar-refractivity contribution in [3.63, 3.8) is 0 Å². The topological polar surface area (TPSA) is 101 Å². The fourth-order valence-electron chi connectivity index (χ4n) is 3.89. The lowest BCUT2D eigenvalue weighted by molar-refractivity contribution is 0.0502. The summed E-state index contributed by atoms with van der Waals surface area (Å²) in [6.07, 6.45) is 0. The molecule has 0 aliphatic heterocycles. The SMILES string of the molecule is CCOc1cc(C(=O)OCCNC(=O)c2cc3c(C)nn(-c4ccccc4)c3s2)cc(OCC)c1OCC. The average molecular weight is 538 g/mol. The lowest BCUT2D eigenvalue weighted by Gasteiger charge is -2.17. The number of carbonyl (C=O) groups is 2. The lowest BCUT2D eigenvalue weighted by Crippen LogP contribution is -2.27. The van der Waals surface area contributed by atoms with E-state index >= 15 is 0 Å². The summed E-state index contributed by atoms with van der Waals surface area (Å²) in [5.74, 6) is 0.488. The van der Waals surface area contributed by atoms with Crippen molar-refractivity contribution in [2.45, 2.75) is 27.7 Å². The molecule has 200 valence electrons. The smallest absolute Gasteiger partial charge is 0.338 e. The fourth-order valence-corrected chi connectivity index (χ4v) is 4.99. The fraction of sp³-hybridized carbons (Fsp3) is 0.321. The predicted molar refractivity (Wildman–Crippen MR) is 146 cm³/mol. The summed E-state index contributed by atoms with van der Waals surface area (Å²) in [4.78, 5) is 27.0. The molecule has 0 saturated carbocycles. The first-order valence-electron chi connectivity index (χ1n) is 12.5. The molecule has 0 fully saturated rings. The summed E-state index contributed by atoms with van der Waals surface area (Å²) in [6.45, 7) is 8.87. The monoisotopic (exact) mass is 537 g/mol. The number of aromatic nitrogens is 2. The van der Waals surface area contributed by atoms with Gasteiger partial charge in [-0.05, 0) is 58.0 Å². The molecular formula is C28H31N3O6S. The van der Waals surface area contributed by atoms with Gasteiger partial charge in [0.2, 0.25) is 5.75 Å². The third-order valence-electron chi connectivity index (χ3n) is 5.53. The molecule has 9 nitrogen and oxygen atoms in total. The molecule has 0 aliphatic rings. The molecule has 4 aromatic rings. The van der Waals surface area contributed by atoms with E-state index in [2.05, 4.69) is 10.4 Å². The van der Waals surface area contributed by atoms with E-state index in [1.165, 1.54) is 11.3 Å². The molecule has 10 heteroatoms. The number of hydrogen-bond acceptors (Lipinski definition) is 8. The molecule has 0 radical (unpaired) electrons. The van der Waals surface area contributed by atoms with Gasteiger partial charge >= 0.3 is 5.97 Å². The molecule has 2 aromatic carbocycles. The maximum atomic E-state index is 12.8. The van der Waals surface area contributed by atoms with Gasteiger partial charge in [-0.25, -0.2) is 9.48 Å². The van der Waals surface area contributed by atoms with Crippen LogP contribution in [0.1, 0.15) is 46.5 Å². The highest BCUT2D eigenvalue weighted by Crippen LogP contribution is 2.39. The number of carbonyl (C=O) groups excluding carboxylic acids is 2. The summed E-state index contributed by atoms with van der Waals surface area (Å²) in [5, 5.41) is 8.36. The number of thiophene rings is 1. The van der Waals surface area contributed by atoms with Crippen LogP contribution >= 0.6 is 11.3 Å².